The van der Waals surface area contributed by atoms with Crippen molar-refractivity contribution in [1.29, 1.82) is 0 Å². The van der Waals surface area contributed by atoms with Crippen LogP contribution in [-0.2, 0) is 10.3 Å². The Labute approximate surface area is 120 Å². The van der Waals surface area contributed by atoms with Gasteiger partial charge in [0.25, 0.3) is 0 Å². The molecule has 1 aromatic rings. The van der Waals surface area contributed by atoms with Crippen molar-refractivity contribution < 1.29 is 14.6 Å². The summed E-state index contributed by atoms with van der Waals surface area (Å²) in [6.45, 7) is 4.16. The highest BCUT2D eigenvalue weighted by molar-refractivity contribution is 5.39. The van der Waals surface area contributed by atoms with Crippen molar-refractivity contribution in [3.63, 3.8) is 0 Å². The molecule has 1 aromatic carbocycles. The van der Waals surface area contributed by atoms with Crippen molar-refractivity contribution in [2.24, 2.45) is 5.92 Å². The van der Waals surface area contributed by atoms with Gasteiger partial charge in [-0.05, 0) is 25.5 Å². The number of aliphatic hydroxyl groups is 1. The fourth-order valence-electron chi connectivity index (χ4n) is 3.50. The lowest BCUT2D eigenvalue weighted by molar-refractivity contribution is -0.0522. The molecular weight excluding hydrogens is 254 g/mol. The molecule has 3 rings (SSSR count). The number of nitrogens with zero attached hydrogens (tertiary/aromatic N) is 1. The van der Waals surface area contributed by atoms with E-state index in [1.165, 1.54) is 0 Å². The molecule has 3 atom stereocenters. The van der Waals surface area contributed by atoms with E-state index in [1.807, 2.05) is 24.3 Å². The molecular formula is C16H23NO3. The van der Waals surface area contributed by atoms with E-state index in [0.29, 0.717) is 19.1 Å². The molecule has 110 valence electrons. The van der Waals surface area contributed by atoms with Gasteiger partial charge in [-0.2, -0.15) is 0 Å². The first-order valence-corrected chi connectivity index (χ1v) is 7.40. The molecule has 3 unspecified atom stereocenters. The van der Waals surface area contributed by atoms with Gasteiger partial charge in [-0.15, -0.1) is 0 Å². The van der Waals surface area contributed by atoms with Crippen molar-refractivity contribution in [2.75, 3.05) is 40.0 Å². The second kappa shape index (κ2) is 5.72. The van der Waals surface area contributed by atoms with Crippen LogP contribution < -0.4 is 4.74 Å². The van der Waals surface area contributed by atoms with Crippen LogP contribution in [0.4, 0.5) is 0 Å². The average Bonchev–Trinajstić information content (AvgIpc) is 2.89. The first-order chi connectivity index (χ1) is 9.74. The van der Waals surface area contributed by atoms with E-state index in [9.17, 15) is 5.11 Å². The van der Waals surface area contributed by atoms with E-state index in [1.54, 1.807) is 7.11 Å². The van der Waals surface area contributed by atoms with Gasteiger partial charge in [0, 0.05) is 31.7 Å². The van der Waals surface area contributed by atoms with Gasteiger partial charge in [0.15, 0.2) is 0 Å². The second-order valence-electron chi connectivity index (χ2n) is 5.80. The minimum absolute atomic E-state index is 0.323. The van der Waals surface area contributed by atoms with Crippen LogP contribution in [0, 0.1) is 5.92 Å². The summed E-state index contributed by atoms with van der Waals surface area (Å²) >= 11 is 0. The predicted molar refractivity (Wildman–Crippen MR) is 76.9 cm³/mol. The van der Waals surface area contributed by atoms with Gasteiger partial charge in [0.2, 0.25) is 0 Å². The zero-order chi connectivity index (χ0) is 14.0. The Kier molecular flexibility index (Phi) is 3.96. The third-order valence-corrected chi connectivity index (χ3v) is 4.66. The minimum Gasteiger partial charge on any atom is -0.491 e. The highest BCUT2D eigenvalue weighted by atomic mass is 16.5. The van der Waals surface area contributed by atoms with Crippen molar-refractivity contribution in [3.05, 3.63) is 29.8 Å². The van der Waals surface area contributed by atoms with Crippen LogP contribution in [0.25, 0.3) is 0 Å². The van der Waals surface area contributed by atoms with Gasteiger partial charge < -0.3 is 19.5 Å². The number of rotatable bonds is 5. The summed E-state index contributed by atoms with van der Waals surface area (Å²) in [6, 6.07) is 7.90. The van der Waals surface area contributed by atoms with Crippen LogP contribution >= 0.6 is 0 Å². The lowest BCUT2D eigenvalue weighted by atomic mass is 9.76. The van der Waals surface area contributed by atoms with Crippen LogP contribution in [-0.4, -0.2) is 50.0 Å². The molecule has 2 fully saturated rings. The summed E-state index contributed by atoms with van der Waals surface area (Å²) in [5.41, 5.74) is 0.207. The van der Waals surface area contributed by atoms with Gasteiger partial charge in [-0.1, -0.05) is 18.2 Å². The number of methoxy groups -OCH3 is 1. The Morgan fingerprint density at radius 3 is 3.00 bits per heavy atom. The molecule has 2 heterocycles. The molecule has 4 heteroatoms. The first-order valence-electron chi connectivity index (χ1n) is 7.40. The molecule has 0 amide bonds. The van der Waals surface area contributed by atoms with E-state index < -0.39 is 5.60 Å². The summed E-state index contributed by atoms with van der Waals surface area (Å²) in [4.78, 5) is 2.44. The molecule has 2 saturated heterocycles. The lowest BCUT2D eigenvalue weighted by Gasteiger charge is -2.39. The summed E-state index contributed by atoms with van der Waals surface area (Å²) in [7, 11) is 1.66. The highest BCUT2D eigenvalue weighted by Gasteiger charge is 2.47. The molecule has 0 aromatic heterocycles. The molecule has 0 radical (unpaired) electrons. The maximum absolute atomic E-state index is 11.2. The molecule has 2 bridgehead atoms. The Bertz CT molecular complexity index is 465. The molecule has 4 nitrogen and oxygen atoms in total. The highest BCUT2D eigenvalue weighted by Crippen LogP contribution is 2.45. The number of fused-ring (bicyclic) bond motifs is 2. The van der Waals surface area contributed by atoms with E-state index >= 15 is 0 Å². The number of hydrogen-bond donors (Lipinski definition) is 1. The second-order valence-corrected chi connectivity index (χ2v) is 5.80. The Morgan fingerprint density at radius 1 is 1.30 bits per heavy atom. The Balaban J connectivity index is 1.85. The number of piperidine rings is 1. The maximum atomic E-state index is 11.2. The number of para-hydroxylation sites is 1. The lowest BCUT2D eigenvalue weighted by Crippen LogP contribution is -2.44. The molecule has 2 aliphatic heterocycles. The van der Waals surface area contributed by atoms with E-state index in [0.717, 1.165) is 43.8 Å². The number of hydrogen-bond acceptors (Lipinski definition) is 4. The third-order valence-electron chi connectivity index (χ3n) is 4.66. The van der Waals surface area contributed by atoms with Crippen molar-refractivity contribution in [3.8, 4) is 5.75 Å². The van der Waals surface area contributed by atoms with Gasteiger partial charge in [-0.25, -0.2) is 0 Å². The van der Waals surface area contributed by atoms with E-state index in [2.05, 4.69) is 4.90 Å². The standard InChI is InChI=1S/C16H23NO3/c1-19-10-11-20-15-5-3-2-4-14(15)16(18)7-9-17-8-6-13(16)12-17/h2-5,13,18H,6-12H2,1H3. The Hall–Kier alpha value is -1.10. The Morgan fingerprint density at radius 2 is 2.15 bits per heavy atom. The zero-order valence-electron chi connectivity index (χ0n) is 12.0. The van der Waals surface area contributed by atoms with Crippen LogP contribution in [0.1, 0.15) is 18.4 Å². The normalized spacial score (nSPS) is 32.3. The van der Waals surface area contributed by atoms with Crippen molar-refractivity contribution in [1.82, 2.24) is 4.90 Å². The van der Waals surface area contributed by atoms with E-state index in [-0.39, 0.29) is 0 Å². The van der Waals surface area contributed by atoms with Crippen molar-refractivity contribution >= 4 is 0 Å². The number of benzene rings is 1. The monoisotopic (exact) mass is 277 g/mol. The van der Waals surface area contributed by atoms with Crippen LogP contribution in [0.5, 0.6) is 5.75 Å². The fraction of sp³-hybridized carbons (Fsp3) is 0.625. The topological polar surface area (TPSA) is 41.9 Å². The average molecular weight is 277 g/mol. The first kappa shape index (κ1) is 13.9. The maximum Gasteiger partial charge on any atom is 0.125 e. The molecule has 0 aliphatic carbocycles. The third kappa shape index (κ3) is 2.43. The van der Waals surface area contributed by atoms with E-state index in [4.69, 9.17) is 9.47 Å². The fourth-order valence-corrected chi connectivity index (χ4v) is 3.50. The summed E-state index contributed by atoms with van der Waals surface area (Å²) in [5.74, 6) is 1.12. The van der Waals surface area contributed by atoms with Gasteiger partial charge in [-0.3, -0.25) is 0 Å². The molecule has 0 spiro atoms. The molecule has 1 N–H and O–H groups in total. The summed E-state index contributed by atoms with van der Waals surface area (Å²) < 4.78 is 10.8. The van der Waals surface area contributed by atoms with Crippen LogP contribution in [0.15, 0.2) is 24.3 Å². The zero-order valence-corrected chi connectivity index (χ0v) is 12.0. The molecule has 2 aliphatic rings. The SMILES string of the molecule is COCCOc1ccccc1C1(O)CCN2CCC1C2. The van der Waals surface area contributed by atoms with Gasteiger partial charge in [0.1, 0.15) is 12.4 Å². The largest absolute Gasteiger partial charge is 0.491 e. The quantitative estimate of drug-likeness (QED) is 0.831. The minimum atomic E-state index is -0.739. The molecule has 0 saturated carbocycles. The predicted octanol–water partition coefficient (Wildman–Crippen LogP) is 1.63. The van der Waals surface area contributed by atoms with Crippen LogP contribution in [0.3, 0.4) is 0 Å². The smallest absolute Gasteiger partial charge is 0.125 e. The molecule has 20 heavy (non-hydrogen) atoms. The summed E-state index contributed by atoms with van der Waals surface area (Å²) in [5, 5.41) is 11.2. The van der Waals surface area contributed by atoms with Gasteiger partial charge in [0.05, 0.1) is 12.2 Å². The van der Waals surface area contributed by atoms with Crippen LogP contribution in [0.2, 0.25) is 0 Å². The number of ether oxygens (including phenoxy) is 2. The van der Waals surface area contributed by atoms with Gasteiger partial charge >= 0.3 is 0 Å². The summed E-state index contributed by atoms with van der Waals surface area (Å²) in [6.07, 6.45) is 1.87. The van der Waals surface area contributed by atoms with Crippen molar-refractivity contribution in [2.45, 2.75) is 18.4 Å².